The van der Waals surface area contributed by atoms with Gasteiger partial charge in [0.15, 0.2) is 0 Å². The Labute approximate surface area is 144 Å². The summed E-state index contributed by atoms with van der Waals surface area (Å²) in [6.07, 6.45) is 1.85. The van der Waals surface area contributed by atoms with Crippen molar-refractivity contribution in [2.24, 2.45) is 0 Å². The van der Waals surface area contributed by atoms with Crippen LogP contribution in [0.1, 0.15) is 17.5 Å². The van der Waals surface area contributed by atoms with Crippen LogP contribution < -0.4 is 4.74 Å². The minimum atomic E-state index is 0. The lowest BCUT2D eigenvalue weighted by Crippen LogP contribution is -2.15. The summed E-state index contributed by atoms with van der Waals surface area (Å²) in [5.41, 5.74) is 2.40. The average molecular weight is 340 g/mol. The Kier molecular flexibility index (Phi) is 8.32. The maximum absolute atomic E-state index is 6.12. The molecule has 0 amide bonds. The molecule has 22 heavy (non-hydrogen) atoms. The quantitative estimate of drug-likeness (QED) is 0.679. The molecule has 2 nitrogen and oxygen atoms in total. The van der Waals surface area contributed by atoms with E-state index in [0.29, 0.717) is 0 Å². The predicted molar refractivity (Wildman–Crippen MR) is 96.6 cm³/mol. The normalized spacial score (nSPS) is 10.4. The lowest BCUT2D eigenvalue weighted by Gasteiger charge is -2.14. The molecule has 0 saturated carbocycles. The molecule has 0 heterocycles. The molecule has 120 valence electrons. The van der Waals surface area contributed by atoms with Crippen molar-refractivity contribution >= 4 is 24.0 Å². The Bertz CT molecular complexity index is 558. The lowest BCUT2D eigenvalue weighted by molar-refractivity contribution is 0.280. The van der Waals surface area contributed by atoms with Gasteiger partial charge in [0.1, 0.15) is 5.75 Å². The highest BCUT2D eigenvalue weighted by atomic mass is 35.5. The maximum Gasteiger partial charge on any atom is 0.122 e. The molecule has 0 fully saturated rings. The van der Waals surface area contributed by atoms with Crippen molar-refractivity contribution in [3.8, 4) is 5.75 Å². The fourth-order valence-electron chi connectivity index (χ4n) is 2.21. The number of hydrogen-bond donors (Lipinski definition) is 0. The molecule has 0 aliphatic rings. The highest BCUT2D eigenvalue weighted by Gasteiger charge is 2.06. The third-order valence-electron chi connectivity index (χ3n) is 3.27. The standard InChI is InChI=1S/C18H22ClNO.ClH/c1-20(2)11-6-12-21-18-10-9-17(19)14-16(18)13-15-7-4-3-5-8-15;/h3-5,7-10,14H,6,11-13H2,1-2H3;1H. The zero-order valence-corrected chi connectivity index (χ0v) is 14.7. The first-order valence-electron chi connectivity index (χ1n) is 7.25. The molecule has 0 bridgehead atoms. The van der Waals surface area contributed by atoms with Crippen LogP contribution in [0.3, 0.4) is 0 Å². The molecular weight excluding hydrogens is 317 g/mol. The van der Waals surface area contributed by atoms with Gasteiger partial charge in [0, 0.05) is 18.0 Å². The van der Waals surface area contributed by atoms with Crippen molar-refractivity contribution in [1.29, 1.82) is 0 Å². The van der Waals surface area contributed by atoms with E-state index in [1.807, 2.05) is 24.3 Å². The van der Waals surface area contributed by atoms with E-state index >= 15 is 0 Å². The van der Waals surface area contributed by atoms with Crippen molar-refractivity contribution in [2.45, 2.75) is 12.8 Å². The SMILES string of the molecule is CN(C)CCCOc1ccc(Cl)cc1Cc1ccccc1.Cl. The Morgan fingerprint density at radius 3 is 2.45 bits per heavy atom. The summed E-state index contributed by atoms with van der Waals surface area (Å²) in [5, 5.41) is 0.751. The van der Waals surface area contributed by atoms with E-state index in [1.165, 1.54) is 5.56 Å². The number of rotatable bonds is 7. The third-order valence-corrected chi connectivity index (χ3v) is 3.50. The first-order chi connectivity index (χ1) is 10.1. The highest BCUT2D eigenvalue weighted by molar-refractivity contribution is 6.30. The van der Waals surface area contributed by atoms with Gasteiger partial charge in [-0.25, -0.2) is 0 Å². The molecule has 0 saturated heterocycles. The zero-order chi connectivity index (χ0) is 15.1. The van der Waals surface area contributed by atoms with Crippen molar-refractivity contribution in [1.82, 2.24) is 4.90 Å². The molecule has 0 atom stereocenters. The molecule has 0 radical (unpaired) electrons. The van der Waals surface area contributed by atoms with Gasteiger partial charge in [0.2, 0.25) is 0 Å². The number of hydrogen-bond acceptors (Lipinski definition) is 2. The number of ether oxygens (including phenoxy) is 1. The minimum Gasteiger partial charge on any atom is -0.493 e. The summed E-state index contributed by atoms with van der Waals surface area (Å²) in [5.74, 6) is 0.932. The van der Waals surface area contributed by atoms with E-state index in [-0.39, 0.29) is 12.4 Å². The number of nitrogens with zero attached hydrogens (tertiary/aromatic N) is 1. The molecular formula is C18H23Cl2NO. The second-order valence-corrected chi connectivity index (χ2v) is 5.86. The molecule has 0 unspecified atom stereocenters. The topological polar surface area (TPSA) is 12.5 Å². The van der Waals surface area contributed by atoms with Gasteiger partial charge in [-0.1, -0.05) is 41.9 Å². The predicted octanol–water partition coefficient (Wildman–Crippen LogP) is 4.68. The summed E-state index contributed by atoms with van der Waals surface area (Å²) in [4.78, 5) is 2.16. The summed E-state index contributed by atoms with van der Waals surface area (Å²) in [6.45, 7) is 1.75. The van der Waals surface area contributed by atoms with Crippen LogP contribution in [0.2, 0.25) is 5.02 Å². The summed E-state index contributed by atoms with van der Waals surface area (Å²) < 4.78 is 5.93. The van der Waals surface area contributed by atoms with Crippen LogP contribution in [-0.2, 0) is 6.42 Å². The molecule has 0 N–H and O–H groups in total. The maximum atomic E-state index is 6.12. The van der Waals surface area contributed by atoms with Gasteiger partial charge in [-0.15, -0.1) is 12.4 Å². The van der Waals surface area contributed by atoms with E-state index in [4.69, 9.17) is 16.3 Å². The van der Waals surface area contributed by atoms with Crippen LogP contribution in [0.5, 0.6) is 5.75 Å². The van der Waals surface area contributed by atoms with Gasteiger partial charge >= 0.3 is 0 Å². The van der Waals surface area contributed by atoms with E-state index in [0.717, 1.165) is 42.3 Å². The van der Waals surface area contributed by atoms with Crippen molar-refractivity contribution in [3.05, 3.63) is 64.7 Å². The zero-order valence-electron chi connectivity index (χ0n) is 13.1. The Balaban J connectivity index is 0.00000242. The highest BCUT2D eigenvalue weighted by Crippen LogP contribution is 2.25. The molecule has 2 rings (SSSR count). The molecule has 2 aromatic carbocycles. The van der Waals surface area contributed by atoms with Gasteiger partial charge in [-0.3, -0.25) is 0 Å². The number of halogens is 2. The first-order valence-corrected chi connectivity index (χ1v) is 7.63. The third kappa shape index (κ3) is 6.27. The van der Waals surface area contributed by atoms with Crippen LogP contribution in [0.25, 0.3) is 0 Å². The van der Waals surface area contributed by atoms with Gasteiger partial charge in [-0.2, -0.15) is 0 Å². The fraction of sp³-hybridized carbons (Fsp3) is 0.333. The number of benzene rings is 2. The van der Waals surface area contributed by atoms with Gasteiger partial charge in [-0.05, 0) is 49.8 Å². The van der Waals surface area contributed by atoms with Crippen LogP contribution in [0.15, 0.2) is 48.5 Å². The smallest absolute Gasteiger partial charge is 0.122 e. The van der Waals surface area contributed by atoms with E-state index in [9.17, 15) is 0 Å². The summed E-state index contributed by atoms with van der Waals surface area (Å²) >= 11 is 6.12. The van der Waals surface area contributed by atoms with Gasteiger partial charge < -0.3 is 9.64 Å². The van der Waals surface area contributed by atoms with Crippen molar-refractivity contribution in [3.63, 3.8) is 0 Å². The van der Waals surface area contributed by atoms with E-state index in [1.54, 1.807) is 0 Å². The first kappa shape index (κ1) is 18.8. The molecule has 0 aliphatic carbocycles. The monoisotopic (exact) mass is 339 g/mol. The molecule has 4 heteroatoms. The molecule has 0 aliphatic heterocycles. The Hall–Kier alpha value is -1.22. The van der Waals surface area contributed by atoms with E-state index < -0.39 is 0 Å². The van der Waals surface area contributed by atoms with Crippen LogP contribution in [-0.4, -0.2) is 32.1 Å². The Morgan fingerprint density at radius 1 is 1.05 bits per heavy atom. The lowest BCUT2D eigenvalue weighted by atomic mass is 10.0. The molecule has 2 aromatic rings. The minimum absolute atomic E-state index is 0. The van der Waals surface area contributed by atoms with Crippen LogP contribution >= 0.6 is 24.0 Å². The van der Waals surface area contributed by atoms with Crippen LogP contribution in [0.4, 0.5) is 0 Å². The van der Waals surface area contributed by atoms with Crippen molar-refractivity contribution < 1.29 is 4.74 Å². The molecule has 0 spiro atoms. The van der Waals surface area contributed by atoms with Crippen molar-refractivity contribution in [2.75, 3.05) is 27.2 Å². The average Bonchev–Trinajstić information content (AvgIpc) is 2.46. The van der Waals surface area contributed by atoms with Gasteiger partial charge in [0.05, 0.1) is 6.61 Å². The largest absolute Gasteiger partial charge is 0.493 e. The van der Waals surface area contributed by atoms with Gasteiger partial charge in [0.25, 0.3) is 0 Å². The Morgan fingerprint density at radius 2 is 1.77 bits per heavy atom. The fourth-order valence-corrected chi connectivity index (χ4v) is 2.40. The summed E-state index contributed by atoms with van der Waals surface area (Å²) in [6, 6.07) is 16.2. The summed E-state index contributed by atoms with van der Waals surface area (Å²) in [7, 11) is 4.15. The second-order valence-electron chi connectivity index (χ2n) is 5.42. The second kappa shape index (κ2) is 9.73. The van der Waals surface area contributed by atoms with E-state index in [2.05, 4.69) is 43.3 Å². The molecule has 0 aromatic heterocycles. The van der Waals surface area contributed by atoms with Crippen LogP contribution in [0, 0.1) is 0 Å².